The molecule has 6 nitrogen and oxygen atoms in total. The van der Waals surface area contributed by atoms with Crippen LogP contribution in [-0.2, 0) is 4.79 Å². The maximum absolute atomic E-state index is 12.6. The van der Waals surface area contributed by atoms with Crippen molar-refractivity contribution in [3.8, 4) is 5.75 Å². The molecular formula is C27H28ClN3O3. The summed E-state index contributed by atoms with van der Waals surface area (Å²) >= 11 is 6.24. The SMILES string of the molecule is Cc1cc(C)c(OCC(=O)Nc2ccc(N3CCN(C(=O)c4ccccc4)CC3)cc2)c(Cl)c1. The predicted octanol–water partition coefficient (Wildman–Crippen LogP) is 4.94. The summed E-state index contributed by atoms with van der Waals surface area (Å²) in [7, 11) is 0. The van der Waals surface area contributed by atoms with E-state index in [-0.39, 0.29) is 18.4 Å². The number of hydrogen-bond donors (Lipinski definition) is 1. The van der Waals surface area contributed by atoms with Gasteiger partial charge in [0.25, 0.3) is 11.8 Å². The maximum Gasteiger partial charge on any atom is 0.262 e. The third-order valence-corrected chi connectivity index (χ3v) is 6.11. The molecule has 0 unspecified atom stereocenters. The van der Waals surface area contributed by atoms with Gasteiger partial charge >= 0.3 is 0 Å². The van der Waals surface area contributed by atoms with Gasteiger partial charge in [-0.05, 0) is 67.4 Å². The average Bonchev–Trinajstić information content (AvgIpc) is 2.84. The first-order valence-electron chi connectivity index (χ1n) is 11.3. The van der Waals surface area contributed by atoms with Crippen LogP contribution < -0.4 is 15.0 Å². The van der Waals surface area contributed by atoms with Crippen LogP contribution in [0.25, 0.3) is 0 Å². The molecule has 1 fully saturated rings. The molecule has 7 heteroatoms. The fourth-order valence-electron chi connectivity index (χ4n) is 4.11. The van der Waals surface area contributed by atoms with E-state index in [1.165, 1.54) is 0 Å². The van der Waals surface area contributed by atoms with E-state index in [2.05, 4.69) is 10.2 Å². The van der Waals surface area contributed by atoms with Crippen molar-refractivity contribution in [2.75, 3.05) is 43.0 Å². The number of rotatable bonds is 6. The number of nitrogens with zero attached hydrogens (tertiary/aromatic N) is 2. The summed E-state index contributed by atoms with van der Waals surface area (Å²) in [6.07, 6.45) is 0. The molecule has 1 heterocycles. The molecule has 0 radical (unpaired) electrons. The molecule has 3 aromatic rings. The minimum Gasteiger partial charge on any atom is -0.482 e. The van der Waals surface area contributed by atoms with Gasteiger partial charge in [0.15, 0.2) is 6.61 Å². The number of halogens is 1. The van der Waals surface area contributed by atoms with E-state index in [0.29, 0.717) is 29.5 Å². The van der Waals surface area contributed by atoms with Crippen molar-refractivity contribution in [3.05, 3.63) is 88.4 Å². The van der Waals surface area contributed by atoms with Crippen LogP contribution in [0.5, 0.6) is 5.75 Å². The minimum atomic E-state index is -0.253. The lowest BCUT2D eigenvalue weighted by Gasteiger charge is -2.36. The number of benzene rings is 3. The van der Waals surface area contributed by atoms with Crippen LogP contribution in [0.15, 0.2) is 66.7 Å². The number of anilines is 2. The molecule has 0 bridgehead atoms. The van der Waals surface area contributed by atoms with E-state index in [0.717, 1.165) is 35.5 Å². The van der Waals surface area contributed by atoms with Crippen LogP contribution >= 0.6 is 11.6 Å². The van der Waals surface area contributed by atoms with Gasteiger partial charge in [0.1, 0.15) is 5.75 Å². The summed E-state index contributed by atoms with van der Waals surface area (Å²) < 4.78 is 5.65. The van der Waals surface area contributed by atoms with Crippen molar-refractivity contribution < 1.29 is 14.3 Å². The van der Waals surface area contributed by atoms with Gasteiger partial charge in [0, 0.05) is 43.1 Å². The largest absolute Gasteiger partial charge is 0.482 e. The molecule has 1 N–H and O–H groups in total. The number of ether oxygens (including phenoxy) is 1. The molecule has 1 aliphatic heterocycles. The Balaban J connectivity index is 1.27. The van der Waals surface area contributed by atoms with Crippen molar-refractivity contribution in [2.24, 2.45) is 0 Å². The highest BCUT2D eigenvalue weighted by molar-refractivity contribution is 6.32. The Morgan fingerprint density at radius 2 is 1.62 bits per heavy atom. The molecule has 34 heavy (non-hydrogen) atoms. The van der Waals surface area contributed by atoms with Crippen molar-refractivity contribution in [1.29, 1.82) is 0 Å². The lowest BCUT2D eigenvalue weighted by Crippen LogP contribution is -2.48. The van der Waals surface area contributed by atoms with Gasteiger partial charge in [-0.2, -0.15) is 0 Å². The maximum atomic E-state index is 12.6. The van der Waals surface area contributed by atoms with Gasteiger partial charge in [-0.15, -0.1) is 0 Å². The van der Waals surface area contributed by atoms with Crippen LogP contribution in [-0.4, -0.2) is 49.5 Å². The number of carbonyl (C=O) groups is 2. The van der Waals surface area contributed by atoms with E-state index in [1.807, 2.05) is 85.5 Å². The Hall–Kier alpha value is -3.51. The molecule has 0 spiro atoms. The van der Waals surface area contributed by atoms with Crippen LogP contribution in [0, 0.1) is 13.8 Å². The second-order valence-electron chi connectivity index (χ2n) is 8.42. The van der Waals surface area contributed by atoms with Crippen LogP contribution in [0.4, 0.5) is 11.4 Å². The molecule has 0 atom stereocenters. The van der Waals surface area contributed by atoms with Crippen LogP contribution in [0.1, 0.15) is 21.5 Å². The van der Waals surface area contributed by atoms with Crippen molar-refractivity contribution in [1.82, 2.24) is 4.90 Å². The summed E-state index contributed by atoms with van der Waals surface area (Å²) in [6, 6.07) is 20.9. The van der Waals surface area contributed by atoms with E-state index < -0.39 is 0 Å². The first kappa shape index (κ1) is 23.6. The van der Waals surface area contributed by atoms with Gasteiger partial charge in [-0.3, -0.25) is 9.59 Å². The predicted molar refractivity (Wildman–Crippen MR) is 136 cm³/mol. The third-order valence-electron chi connectivity index (χ3n) is 5.83. The van der Waals surface area contributed by atoms with Crippen molar-refractivity contribution in [3.63, 3.8) is 0 Å². The smallest absolute Gasteiger partial charge is 0.262 e. The molecule has 176 valence electrons. The Morgan fingerprint density at radius 1 is 0.941 bits per heavy atom. The normalized spacial score (nSPS) is 13.5. The van der Waals surface area contributed by atoms with Gasteiger partial charge in [-0.1, -0.05) is 35.9 Å². The quantitative estimate of drug-likeness (QED) is 0.546. The number of carbonyl (C=O) groups excluding carboxylic acids is 2. The number of aryl methyl sites for hydroxylation is 2. The molecule has 1 saturated heterocycles. The lowest BCUT2D eigenvalue weighted by atomic mass is 10.1. The summed E-state index contributed by atoms with van der Waals surface area (Å²) in [5.74, 6) is 0.349. The zero-order chi connectivity index (χ0) is 24.1. The molecule has 0 aromatic heterocycles. The Labute approximate surface area is 205 Å². The van der Waals surface area contributed by atoms with E-state index >= 15 is 0 Å². The molecule has 0 aliphatic carbocycles. The number of nitrogens with one attached hydrogen (secondary N) is 1. The standard InChI is InChI=1S/C27H28ClN3O3/c1-19-16-20(2)26(24(28)17-19)34-18-25(32)29-22-8-10-23(11-9-22)30-12-14-31(15-13-30)27(33)21-6-4-3-5-7-21/h3-11,16-17H,12-15,18H2,1-2H3,(H,29,32). The van der Waals surface area contributed by atoms with Crippen LogP contribution in [0.2, 0.25) is 5.02 Å². The molecule has 1 aliphatic rings. The Morgan fingerprint density at radius 3 is 2.26 bits per heavy atom. The first-order valence-corrected chi connectivity index (χ1v) is 11.7. The van der Waals surface area contributed by atoms with Gasteiger partial charge in [0.05, 0.1) is 5.02 Å². The zero-order valence-corrected chi connectivity index (χ0v) is 20.1. The second kappa shape index (κ2) is 10.6. The molecule has 3 aromatic carbocycles. The number of hydrogen-bond acceptors (Lipinski definition) is 4. The summed E-state index contributed by atoms with van der Waals surface area (Å²) in [6.45, 7) is 6.60. The second-order valence-corrected chi connectivity index (χ2v) is 8.83. The lowest BCUT2D eigenvalue weighted by molar-refractivity contribution is -0.118. The van der Waals surface area contributed by atoms with Crippen molar-refractivity contribution >= 4 is 34.8 Å². The summed E-state index contributed by atoms with van der Waals surface area (Å²) in [5.41, 5.74) is 4.42. The van der Waals surface area contributed by atoms with E-state index in [9.17, 15) is 9.59 Å². The Bertz CT molecular complexity index is 1130. The van der Waals surface area contributed by atoms with E-state index in [1.54, 1.807) is 0 Å². The number of amides is 2. The van der Waals surface area contributed by atoms with Gasteiger partial charge in [-0.25, -0.2) is 0 Å². The minimum absolute atomic E-state index is 0.0719. The van der Waals surface area contributed by atoms with Crippen LogP contribution in [0.3, 0.4) is 0 Å². The summed E-state index contributed by atoms with van der Waals surface area (Å²) in [4.78, 5) is 29.1. The highest BCUT2D eigenvalue weighted by atomic mass is 35.5. The third kappa shape index (κ3) is 5.69. The molecular weight excluding hydrogens is 450 g/mol. The zero-order valence-electron chi connectivity index (χ0n) is 19.4. The van der Waals surface area contributed by atoms with Gasteiger partial charge < -0.3 is 19.9 Å². The number of piperazine rings is 1. The molecule has 2 amide bonds. The fourth-order valence-corrected chi connectivity index (χ4v) is 4.48. The Kier molecular flexibility index (Phi) is 7.38. The fraction of sp³-hybridized carbons (Fsp3) is 0.259. The molecule has 0 saturated carbocycles. The average molecular weight is 478 g/mol. The van der Waals surface area contributed by atoms with E-state index in [4.69, 9.17) is 16.3 Å². The van der Waals surface area contributed by atoms with Gasteiger partial charge in [0.2, 0.25) is 0 Å². The molecule has 4 rings (SSSR count). The van der Waals surface area contributed by atoms with Crippen molar-refractivity contribution in [2.45, 2.75) is 13.8 Å². The summed E-state index contributed by atoms with van der Waals surface area (Å²) in [5, 5.41) is 3.35. The first-order chi connectivity index (χ1) is 16.4. The topological polar surface area (TPSA) is 61.9 Å². The highest BCUT2D eigenvalue weighted by Crippen LogP contribution is 2.29. The monoisotopic (exact) mass is 477 g/mol. The highest BCUT2D eigenvalue weighted by Gasteiger charge is 2.22.